The van der Waals surface area contributed by atoms with Crippen LogP contribution in [0.3, 0.4) is 0 Å². The van der Waals surface area contributed by atoms with E-state index in [0.717, 1.165) is 6.42 Å². The van der Waals surface area contributed by atoms with Crippen LogP contribution in [0.15, 0.2) is 0 Å². The van der Waals surface area contributed by atoms with Gasteiger partial charge in [0, 0.05) is 6.54 Å². The minimum atomic E-state index is -2.77. The van der Waals surface area contributed by atoms with Crippen LogP contribution in [0.5, 0.6) is 0 Å². The van der Waals surface area contributed by atoms with Crippen LogP contribution in [-0.2, 0) is 4.57 Å². The fourth-order valence-electron chi connectivity index (χ4n) is 0.250. The Labute approximate surface area is 59.4 Å². The Kier molecular flexibility index (Phi) is 4.17. The first kappa shape index (κ1) is 8.83. The van der Waals surface area contributed by atoms with Crippen molar-refractivity contribution in [3.8, 4) is 0 Å². The van der Waals surface area contributed by atoms with Gasteiger partial charge in [-0.05, 0) is 17.7 Å². The number of rotatable bonds is 3. The Morgan fingerprint density at radius 3 is 2.50 bits per heavy atom. The molecule has 0 aromatic heterocycles. The summed E-state index contributed by atoms with van der Waals surface area (Å²) in [5.41, 5.74) is 0. The molecule has 0 aromatic carbocycles. The lowest BCUT2D eigenvalue weighted by Gasteiger charge is -2.01. The molecule has 0 bridgehead atoms. The standard InChI is InChI=1S/C3H9ClNOPS/c1-2-3-5-7(4,6)8/h2-3H2,1H3,(H2,5,6,8). The molecule has 0 saturated heterocycles. The third-order valence-electron chi connectivity index (χ3n) is 0.557. The van der Waals surface area contributed by atoms with Crippen molar-refractivity contribution in [2.75, 3.05) is 6.54 Å². The van der Waals surface area contributed by atoms with Crippen LogP contribution in [-0.4, -0.2) is 6.54 Å². The van der Waals surface area contributed by atoms with Gasteiger partial charge in [0.25, 0.3) is 5.85 Å². The molecule has 0 radical (unpaired) electrons. The van der Waals surface area contributed by atoms with E-state index < -0.39 is 5.85 Å². The Hall–Kier alpha value is 0.830. The number of nitrogens with one attached hydrogen (secondary N) is 1. The quantitative estimate of drug-likeness (QED) is 0.507. The predicted octanol–water partition coefficient (Wildman–Crippen LogP) is 2.26. The summed E-state index contributed by atoms with van der Waals surface area (Å²) < 4.78 is 10.5. The highest BCUT2D eigenvalue weighted by Crippen LogP contribution is 2.51. The fourth-order valence-corrected chi connectivity index (χ4v) is 1.30. The van der Waals surface area contributed by atoms with Crippen LogP contribution in [0.2, 0.25) is 0 Å². The monoisotopic (exact) mass is 173 g/mol. The zero-order valence-corrected chi connectivity index (χ0v) is 7.14. The van der Waals surface area contributed by atoms with Crippen LogP contribution in [0.4, 0.5) is 0 Å². The summed E-state index contributed by atoms with van der Waals surface area (Å²) in [7, 11) is 0. The molecule has 2 nitrogen and oxygen atoms in total. The van der Waals surface area contributed by atoms with Crippen molar-refractivity contribution in [3.05, 3.63) is 0 Å². The maximum Gasteiger partial charge on any atom is 0.283 e. The summed E-state index contributed by atoms with van der Waals surface area (Å²) in [6, 6.07) is 0. The predicted molar refractivity (Wildman–Crippen MR) is 40.7 cm³/mol. The fraction of sp³-hybridized carbons (Fsp3) is 1.00. The topological polar surface area (TPSA) is 29.1 Å². The van der Waals surface area contributed by atoms with E-state index in [1.54, 1.807) is 0 Å². The average molecular weight is 174 g/mol. The molecular weight excluding hydrogens is 165 g/mol. The van der Waals surface area contributed by atoms with Gasteiger partial charge in [0.2, 0.25) is 0 Å². The number of halogens is 1. The second-order valence-electron chi connectivity index (χ2n) is 1.41. The Balaban J connectivity index is 3.26. The SMILES string of the molecule is CCCNP(=O)(S)Cl. The first-order chi connectivity index (χ1) is 3.56. The summed E-state index contributed by atoms with van der Waals surface area (Å²) in [6.07, 6.45) is 0.914. The molecule has 0 saturated carbocycles. The van der Waals surface area contributed by atoms with Gasteiger partial charge in [-0.25, -0.2) is 5.09 Å². The number of thiol groups is 1. The normalized spacial score (nSPS) is 17.9. The summed E-state index contributed by atoms with van der Waals surface area (Å²) in [5, 5.41) is 2.56. The van der Waals surface area contributed by atoms with E-state index in [9.17, 15) is 4.57 Å². The molecule has 5 heteroatoms. The lowest BCUT2D eigenvalue weighted by molar-refractivity contribution is 0.585. The first-order valence-electron chi connectivity index (χ1n) is 2.34. The number of hydrogen-bond acceptors (Lipinski definition) is 1. The van der Waals surface area contributed by atoms with Crippen LogP contribution in [0, 0.1) is 0 Å². The van der Waals surface area contributed by atoms with Gasteiger partial charge in [-0.2, -0.15) is 0 Å². The van der Waals surface area contributed by atoms with Crippen LogP contribution >= 0.6 is 29.3 Å². The summed E-state index contributed by atoms with van der Waals surface area (Å²) >= 11 is 8.82. The second kappa shape index (κ2) is 3.78. The summed E-state index contributed by atoms with van der Waals surface area (Å²) in [6.45, 7) is 2.62. The molecule has 0 aliphatic rings. The van der Waals surface area contributed by atoms with Gasteiger partial charge in [0.05, 0.1) is 0 Å². The van der Waals surface area contributed by atoms with Crippen molar-refractivity contribution in [3.63, 3.8) is 0 Å². The van der Waals surface area contributed by atoms with Crippen LogP contribution in [0.25, 0.3) is 0 Å². The van der Waals surface area contributed by atoms with E-state index >= 15 is 0 Å². The maximum absolute atomic E-state index is 10.5. The Bertz CT molecular complexity index is 103. The molecule has 0 amide bonds. The molecule has 50 valence electrons. The minimum Gasteiger partial charge on any atom is -0.277 e. The van der Waals surface area contributed by atoms with Crippen LogP contribution in [0.1, 0.15) is 13.3 Å². The highest BCUT2D eigenvalue weighted by Gasteiger charge is 2.06. The van der Waals surface area contributed by atoms with E-state index in [0.29, 0.717) is 6.54 Å². The van der Waals surface area contributed by atoms with Gasteiger partial charge in [-0.1, -0.05) is 19.2 Å². The molecule has 0 aliphatic carbocycles. The zero-order chi connectivity index (χ0) is 6.62. The van der Waals surface area contributed by atoms with Gasteiger partial charge < -0.3 is 0 Å². The zero-order valence-electron chi connectivity index (χ0n) is 4.59. The molecule has 0 aliphatic heterocycles. The third-order valence-corrected chi connectivity index (χ3v) is 1.95. The highest BCUT2D eigenvalue weighted by molar-refractivity contribution is 8.55. The Morgan fingerprint density at radius 1 is 1.88 bits per heavy atom. The van der Waals surface area contributed by atoms with Gasteiger partial charge in [0.15, 0.2) is 0 Å². The van der Waals surface area contributed by atoms with Crippen molar-refractivity contribution >= 4 is 29.3 Å². The smallest absolute Gasteiger partial charge is 0.277 e. The van der Waals surface area contributed by atoms with Crippen LogP contribution < -0.4 is 5.09 Å². The lowest BCUT2D eigenvalue weighted by atomic mass is 10.5. The maximum atomic E-state index is 10.5. The third kappa shape index (κ3) is 6.83. The molecule has 1 N–H and O–H groups in total. The molecule has 0 heterocycles. The van der Waals surface area contributed by atoms with Crippen molar-refractivity contribution in [2.45, 2.75) is 13.3 Å². The largest absolute Gasteiger partial charge is 0.283 e. The van der Waals surface area contributed by atoms with Gasteiger partial charge in [0.1, 0.15) is 0 Å². The lowest BCUT2D eigenvalue weighted by Crippen LogP contribution is -2.03. The minimum absolute atomic E-state index is 0.657. The average Bonchev–Trinajstić information content (AvgIpc) is 1.59. The van der Waals surface area contributed by atoms with Gasteiger partial charge in [-0.15, -0.1) is 0 Å². The molecule has 0 spiro atoms. The molecule has 0 fully saturated rings. The second-order valence-corrected chi connectivity index (χ2v) is 6.56. The molecular formula is C3H9ClNOPS. The van der Waals surface area contributed by atoms with Crippen molar-refractivity contribution in [2.24, 2.45) is 0 Å². The molecule has 0 aromatic rings. The van der Waals surface area contributed by atoms with E-state index in [4.69, 9.17) is 11.2 Å². The van der Waals surface area contributed by atoms with E-state index in [-0.39, 0.29) is 0 Å². The summed E-state index contributed by atoms with van der Waals surface area (Å²) in [4.78, 5) is 0. The van der Waals surface area contributed by atoms with Crippen molar-refractivity contribution in [1.82, 2.24) is 5.09 Å². The number of hydrogen-bond donors (Lipinski definition) is 2. The van der Waals surface area contributed by atoms with E-state index in [2.05, 4.69) is 17.3 Å². The molecule has 0 rings (SSSR count). The molecule has 8 heavy (non-hydrogen) atoms. The van der Waals surface area contributed by atoms with E-state index in [1.165, 1.54) is 0 Å². The van der Waals surface area contributed by atoms with Gasteiger partial charge >= 0.3 is 0 Å². The summed E-state index contributed by atoms with van der Waals surface area (Å²) in [5.74, 6) is -2.77. The van der Waals surface area contributed by atoms with E-state index in [1.807, 2.05) is 6.92 Å². The van der Waals surface area contributed by atoms with Gasteiger partial charge in [-0.3, -0.25) is 4.57 Å². The molecule has 1 unspecified atom stereocenters. The van der Waals surface area contributed by atoms with Crippen molar-refractivity contribution in [1.29, 1.82) is 0 Å². The highest BCUT2D eigenvalue weighted by atomic mass is 35.7. The molecule has 1 atom stereocenters. The van der Waals surface area contributed by atoms with Crippen molar-refractivity contribution < 1.29 is 4.57 Å². The first-order valence-corrected chi connectivity index (χ1v) is 6.10. The Morgan fingerprint density at radius 2 is 2.38 bits per heavy atom.